The minimum Gasteiger partial charge on any atom is -0.478 e. The third-order valence-corrected chi connectivity index (χ3v) is 3.18. The summed E-state index contributed by atoms with van der Waals surface area (Å²) in [4.78, 5) is 11.0. The summed E-state index contributed by atoms with van der Waals surface area (Å²) in [6.45, 7) is 0. The molecule has 0 heterocycles. The van der Waals surface area contributed by atoms with Crippen molar-refractivity contribution in [3.63, 3.8) is 0 Å². The molecule has 4 N–H and O–H groups in total. The van der Waals surface area contributed by atoms with Crippen LogP contribution in [0.5, 0.6) is 0 Å². The maximum absolute atomic E-state index is 13.4. The lowest BCUT2D eigenvalue weighted by molar-refractivity contribution is 0.0698. The van der Waals surface area contributed by atoms with Gasteiger partial charge in [-0.05, 0) is 46.3 Å². The van der Waals surface area contributed by atoms with Crippen LogP contribution in [-0.2, 0) is 0 Å². The first kappa shape index (κ1) is 13.4. The van der Waals surface area contributed by atoms with Gasteiger partial charge in [0.1, 0.15) is 5.82 Å². The molecule has 0 saturated heterocycles. The first-order valence-electron chi connectivity index (χ1n) is 5.33. The van der Waals surface area contributed by atoms with E-state index in [1.807, 2.05) is 0 Å². The van der Waals surface area contributed by atoms with Crippen LogP contribution in [0, 0.1) is 5.82 Å². The van der Waals surface area contributed by atoms with Crippen molar-refractivity contribution in [2.24, 2.45) is 0 Å². The maximum Gasteiger partial charge on any atom is 0.337 e. The van der Waals surface area contributed by atoms with E-state index < -0.39 is 11.8 Å². The van der Waals surface area contributed by atoms with Crippen LogP contribution in [0.2, 0.25) is 0 Å². The summed E-state index contributed by atoms with van der Waals surface area (Å²) in [7, 11) is 0. The molecule has 4 nitrogen and oxygen atoms in total. The number of para-hydroxylation sites is 1. The molecular formula is C13H10BrFN2O2. The van der Waals surface area contributed by atoms with Crippen molar-refractivity contribution in [3.05, 3.63) is 52.3 Å². The number of benzene rings is 2. The predicted molar refractivity (Wildman–Crippen MR) is 75.2 cm³/mol. The molecule has 2 aromatic rings. The maximum atomic E-state index is 13.4. The lowest BCUT2D eigenvalue weighted by Crippen LogP contribution is -2.05. The number of aromatic carboxylic acids is 1. The molecular weight excluding hydrogens is 315 g/mol. The van der Waals surface area contributed by atoms with Crippen LogP contribution in [0.25, 0.3) is 0 Å². The zero-order valence-electron chi connectivity index (χ0n) is 9.65. The number of hydrogen-bond acceptors (Lipinski definition) is 3. The summed E-state index contributed by atoms with van der Waals surface area (Å²) < 4.78 is 13.7. The van der Waals surface area contributed by atoms with Crippen LogP contribution in [-0.4, -0.2) is 11.1 Å². The Morgan fingerprint density at radius 3 is 2.68 bits per heavy atom. The Morgan fingerprint density at radius 2 is 2.05 bits per heavy atom. The van der Waals surface area contributed by atoms with Gasteiger partial charge in [-0.1, -0.05) is 6.07 Å². The highest BCUT2D eigenvalue weighted by molar-refractivity contribution is 9.10. The lowest BCUT2D eigenvalue weighted by atomic mass is 10.1. The highest BCUT2D eigenvalue weighted by Crippen LogP contribution is 2.28. The SMILES string of the molecule is Nc1c(Nc2ccc(Br)c(F)c2)cccc1C(=O)O. The number of rotatable bonds is 3. The Hall–Kier alpha value is -2.08. The molecule has 0 unspecified atom stereocenters. The average molecular weight is 325 g/mol. The molecule has 98 valence electrons. The third kappa shape index (κ3) is 2.85. The standard InChI is InChI=1S/C13H10BrFN2O2/c14-9-5-4-7(6-10(9)15)17-11-3-1-2-8(12(11)16)13(18)19/h1-6,17H,16H2,(H,18,19). The number of carboxylic acids is 1. The summed E-state index contributed by atoms with van der Waals surface area (Å²) in [6, 6.07) is 9.09. The molecule has 19 heavy (non-hydrogen) atoms. The van der Waals surface area contributed by atoms with Gasteiger partial charge in [0.2, 0.25) is 0 Å². The molecule has 0 aliphatic heterocycles. The van der Waals surface area contributed by atoms with Crippen molar-refractivity contribution >= 4 is 39.0 Å². The summed E-state index contributed by atoms with van der Waals surface area (Å²) in [6.07, 6.45) is 0. The summed E-state index contributed by atoms with van der Waals surface area (Å²) >= 11 is 3.05. The molecule has 0 aliphatic carbocycles. The first-order chi connectivity index (χ1) is 8.99. The molecule has 6 heteroatoms. The van der Waals surface area contributed by atoms with Crippen LogP contribution in [0.4, 0.5) is 21.5 Å². The fourth-order valence-electron chi connectivity index (χ4n) is 1.59. The quantitative estimate of drug-likeness (QED) is 0.754. The molecule has 0 aliphatic rings. The molecule has 0 aromatic heterocycles. The summed E-state index contributed by atoms with van der Waals surface area (Å²) in [5.41, 5.74) is 6.77. The number of hydrogen-bond donors (Lipinski definition) is 3. The molecule has 2 aromatic carbocycles. The Labute approximate surface area is 117 Å². The Morgan fingerprint density at radius 1 is 1.32 bits per heavy atom. The van der Waals surface area contributed by atoms with E-state index in [1.165, 1.54) is 12.1 Å². The molecule has 0 saturated carbocycles. The van der Waals surface area contributed by atoms with Gasteiger partial charge >= 0.3 is 5.97 Å². The van der Waals surface area contributed by atoms with Gasteiger partial charge in [-0.25, -0.2) is 9.18 Å². The predicted octanol–water partition coefficient (Wildman–Crippen LogP) is 3.61. The van der Waals surface area contributed by atoms with E-state index in [4.69, 9.17) is 10.8 Å². The van der Waals surface area contributed by atoms with E-state index in [1.54, 1.807) is 24.3 Å². The van der Waals surface area contributed by atoms with E-state index in [9.17, 15) is 9.18 Å². The van der Waals surface area contributed by atoms with Crippen LogP contribution < -0.4 is 11.1 Å². The number of nitrogens with one attached hydrogen (secondary N) is 1. The number of carbonyl (C=O) groups is 1. The molecule has 0 bridgehead atoms. The number of nitrogens with two attached hydrogens (primary N) is 1. The van der Waals surface area contributed by atoms with E-state index >= 15 is 0 Å². The third-order valence-electron chi connectivity index (χ3n) is 2.54. The zero-order valence-corrected chi connectivity index (χ0v) is 11.2. The van der Waals surface area contributed by atoms with Gasteiger partial charge in [-0.3, -0.25) is 0 Å². The van der Waals surface area contributed by atoms with E-state index in [0.717, 1.165) is 0 Å². The van der Waals surface area contributed by atoms with Gasteiger partial charge in [0.25, 0.3) is 0 Å². The average Bonchev–Trinajstić information content (AvgIpc) is 2.36. The van der Waals surface area contributed by atoms with Gasteiger partial charge < -0.3 is 16.2 Å². The van der Waals surface area contributed by atoms with Crippen molar-refractivity contribution < 1.29 is 14.3 Å². The van der Waals surface area contributed by atoms with Crippen LogP contribution >= 0.6 is 15.9 Å². The smallest absolute Gasteiger partial charge is 0.337 e. The van der Waals surface area contributed by atoms with Crippen LogP contribution in [0.1, 0.15) is 10.4 Å². The second-order valence-electron chi connectivity index (χ2n) is 3.83. The van der Waals surface area contributed by atoms with Gasteiger partial charge in [0.05, 0.1) is 21.4 Å². The summed E-state index contributed by atoms with van der Waals surface area (Å²) in [5, 5.41) is 11.8. The highest BCUT2D eigenvalue weighted by Gasteiger charge is 2.11. The van der Waals surface area contributed by atoms with E-state index in [0.29, 0.717) is 15.8 Å². The zero-order chi connectivity index (χ0) is 14.0. The fraction of sp³-hybridized carbons (Fsp3) is 0. The molecule has 0 fully saturated rings. The van der Waals surface area contributed by atoms with E-state index in [2.05, 4.69) is 21.2 Å². The molecule has 0 radical (unpaired) electrons. The first-order valence-corrected chi connectivity index (χ1v) is 6.12. The van der Waals surface area contributed by atoms with Gasteiger partial charge in [0.15, 0.2) is 0 Å². The summed E-state index contributed by atoms with van der Waals surface area (Å²) in [5.74, 6) is -1.53. The Balaban J connectivity index is 2.35. The fourth-order valence-corrected chi connectivity index (χ4v) is 1.84. The highest BCUT2D eigenvalue weighted by atomic mass is 79.9. The number of halogens is 2. The van der Waals surface area contributed by atoms with Crippen LogP contribution in [0.15, 0.2) is 40.9 Å². The van der Waals surface area contributed by atoms with Gasteiger partial charge in [-0.15, -0.1) is 0 Å². The van der Waals surface area contributed by atoms with Crippen LogP contribution in [0.3, 0.4) is 0 Å². The molecule has 0 atom stereocenters. The van der Waals surface area contributed by atoms with Crippen molar-refractivity contribution in [3.8, 4) is 0 Å². The topological polar surface area (TPSA) is 75.3 Å². The van der Waals surface area contributed by atoms with Gasteiger partial charge in [0, 0.05) is 5.69 Å². The van der Waals surface area contributed by atoms with E-state index in [-0.39, 0.29) is 11.3 Å². The Kier molecular flexibility index (Phi) is 3.71. The number of carboxylic acid groups (broad SMARTS) is 1. The normalized spacial score (nSPS) is 10.2. The number of anilines is 3. The molecule has 0 amide bonds. The monoisotopic (exact) mass is 324 g/mol. The second-order valence-corrected chi connectivity index (χ2v) is 4.68. The van der Waals surface area contributed by atoms with Gasteiger partial charge in [-0.2, -0.15) is 0 Å². The van der Waals surface area contributed by atoms with Crippen molar-refractivity contribution in [1.29, 1.82) is 0 Å². The minimum absolute atomic E-state index is 0.00239. The van der Waals surface area contributed by atoms with Crippen molar-refractivity contribution in [2.75, 3.05) is 11.1 Å². The second kappa shape index (κ2) is 5.27. The Bertz CT molecular complexity index is 647. The number of nitrogen functional groups attached to an aromatic ring is 1. The minimum atomic E-state index is -1.11. The van der Waals surface area contributed by atoms with Crippen molar-refractivity contribution in [1.82, 2.24) is 0 Å². The lowest BCUT2D eigenvalue weighted by Gasteiger charge is -2.11. The largest absolute Gasteiger partial charge is 0.478 e. The molecule has 0 spiro atoms. The molecule has 2 rings (SSSR count). The van der Waals surface area contributed by atoms with Crippen molar-refractivity contribution in [2.45, 2.75) is 0 Å².